The standard InChI is InChI=1S/C23H19N.C8H6N2/c1-4-10-19-16(7-1)12-13-20-18-9-3-2-8-17(18)15-21(23(19)20)22-11-5-6-14-24-22;1-3-9-6-8-2-4-10-5-7(1)8/h2-3,5-6,8-9,11-15H,1,4,7,10H2;1-6H. The first-order valence-corrected chi connectivity index (χ1v) is 11.9. The van der Waals surface area contributed by atoms with Crippen LogP contribution in [0.1, 0.15) is 24.0 Å². The van der Waals surface area contributed by atoms with Crippen LogP contribution in [0.15, 0.2) is 104 Å². The summed E-state index contributed by atoms with van der Waals surface area (Å²) in [5.74, 6) is 0. The average Bonchev–Trinajstić information content (AvgIpc) is 2.93. The fraction of sp³-hybridized carbons (Fsp3) is 0.129. The van der Waals surface area contributed by atoms with Crippen molar-refractivity contribution >= 4 is 32.3 Å². The lowest BCUT2D eigenvalue weighted by Crippen LogP contribution is -2.04. The molecule has 1 aliphatic rings. The summed E-state index contributed by atoms with van der Waals surface area (Å²) in [5, 5.41) is 7.70. The van der Waals surface area contributed by atoms with Crippen LogP contribution >= 0.6 is 0 Å². The van der Waals surface area contributed by atoms with Gasteiger partial charge in [-0.2, -0.15) is 0 Å². The molecule has 3 heterocycles. The van der Waals surface area contributed by atoms with Crippen molar-refractivity contribution in [3.8, 4) is 11.3 Å². The van der Waals surface area contributed by atoms with Crippen molar-refractivity contribution in [1.29, 1.82) is 0 Å². The van der Waals surface area contributed by atoms with Gasteiger partial charge in [-0.05, 0) is 88.7 Å². The van der Waals surface area contributed by atoms with E-state index in [1.165, 1.54) is 58.4 Å². The maximum atomic E-state index is 4.65. The first-order chi connectivity index (χ1) is 16.9. The first-order valence-electron chi connectivity index (χ1n) is 11.9. The van der Waals surface area contributed by atoms with Gasteiger partial charge in [0.2, 0.25) is 0 Å². The maximum Gasteiger partial charge on any atom is 0.0708 e. The van der Waals surface area contributed by atoms with Gasteiger partial charge in [0, 0.05) is 47.3 Å². The van der Waals surface area contributed by atoms with Crippen molar-refractivity contribution in [3.05, 3.63) is 115 Å². The quantitative estimate of drug-likeness (QED) is 0.248. The number of aromatic nitrogens is 3. The van der Waals surface area contributed by atoms with Crippen LogP contribution in [0.4, 0.5) is 0 Å². The molecule has 6 aromatic rings. The van der Waals surface area contributed by atoms with Crippen molar-refractivity contribution in [2.45, 2.75) is 25.7 Å². The number of benzene rings is 3. The van der Waals surface area contributed by atoms with Gasteiger partial charge in [-0.1, -0.05) is 42.5 Å². The van der Waals surface area contributed by atoms with Gasteiger partial charge in [0.05, 0.1) is 5.69 Å². The summed E-state index contributed by atoms with van der Waals surface area (Å²) in [7, 11) is 0. The van der Waals surface area contributed by atoms with E-state index in [0.29, 0.717) is 0 Å². The Bertz CT molecular complexity index is 1540. The lowest BCUT2D eigenvalue weighted by Gasteiger charge is -2.21. The van der Waals surface area contributed by atoms with E-state index in [-0.39, 0.29) is 0 Å². The van der Waals surface area contributed by atoms with Crippen molar-refractivity contribution in [2.75, 3.05) is 0 Å². The summed E-state index contributed by atoms with van der Waals surface area (Å²) in [6.45, 7) is 0. The van der Waals surface area contributed by atoms with Crippen LogP contribution in [-0.4, -0.2) is 15.0 Å². The summed E-state index contributed by atoms with van der Waals surface area (Å²) in [6.07, 6.45) is 14.1. The molecule has 0 amide bonds. The maximum absolute atomic E-state index is 4.65. The number of aryl methyl sites for hydroxylation is 2. The molecule has 0 radical (unpaired) electrons. The van der Waals surface area contributed by atoms with Gasteiger partial charge in [0.1, 0.15) is 0 Å². The Hall–Kier alpha value is -4.11. The van der Waals surface area contributed by atoms with Gasteiger partial charge >= 0.3 is 0 Å². The fourth-order valence-electron chi connectivity index (χ4n) is 5.10. The summed E-state index contributed by atoms with van der Waals surface area (Å²) in [5.41, 5.74) is 5.43. The normalized spacial score (nSPS) is 12.8. The van der Waals surface area contributed by atoms with Crippen LogP contribution in [-0.2, 0) is 12.8 Å². The largest absolute Gasteiger partial charge is 0.264 e. The molecule has 3 nitrogen and oxygen atoms in total. The zero-order chi connectivity index (χ0) is 22.7. The molecule has 0 saturated heterocycles. The van der Waals surface area contributed by atoms with Crippen molar-refractivity contribution < 1.29 is 0 Å². The predicted molar refractivity (Wildman–Crippen MR) is 141 cm³/mol. The number of nitrogens with zero attached hydrogens (tertiary/aromatic N) is 3. The SMILES string of the molecule is c1cc2cnccc2cn1.c1ccc(-c2cc3ccccc3c3ccc4c(c23)CCCC4)nc1. The molecule has 0 unspecified atom stereocenters. The lowest BCUT2D eigenvalue weighted by atomic mass is 9.84. The highest BCUT2D eigenvalue weighted by atomic mass is 14.7. The van der Waals surface area contributed by atoms with E-state index in [2.05, 4.69) is 69.5 Å². The molecular weight excluding hydrogens is 414 g/mol. The van der Waals surface area contributed by atoms with Crippen LogP contribution in [0.25, 0.3) is 43.6 Å². The van der Waals surface area contributed by atoms with Crippen LogP contribution in [0.3, 0.4) is 0 Å². The number of fused-ring (bicyclic) bond motifs is 6. The second kappa shape index (κ2) is 9.03. The molecule has 0 N–H and O–H groups in total. The molecule has 3 aromatic carbocycles. The number of pyridine rings is 3. The zero-order valence-corrected chi connectivity index (χ0v) is 19.0. The summed E-state index contributed by atoms with van der Waals surface area (Å²) >= 11 is 0. The minimum Gasteiger partial charge on any atom is -0.264 e. The Balaban J connectivity index is 0.000000182. The van der Waals surface area contributed by atoms with Crippen LogP contribution in [0, 0.1) is 0 Å². The Morgan fingerprint density at radius 1 is 0.588 bits per heavy atom. The van der Waals surface area contributed by atoms with E-state index >= 15 is 0 Å². The number of rotatable bonds is 1. The topological polar surface area (TPSA) is 38.7 Å². The van der Waals surface area contributed by atoms with Crippen LogP contribution < -0.4 is 0 Å². The van der Waals surface area contributed by atoms with Crippen LogP contribution in [0.2, 0.25) is 0 Å². The van der Waals surface area contributed by atoms with Crippen molar-refractivity contribution in [1.82, 2.24) is 15.0 Å². The minimum absolute atomic E-state index is 1.08. The third kappa shape index (κ3) is 3.80. The van der Waals surface area contributed by atoms with E-state index in [9.17, 15) is 0 Å². The van der Waals surface area contributed by atoms with E-state index in [1.54, 1.807) is 18.0 Å². The zero-order valence-electron chi connectivity index (χ0n) is 19.0. The molecule has 0 atom stereocenters. The summed E-state index contributed by atoms with van der Waals surface area (Å²) in [4.78, 5) is 12.6. The number of hydrogen-bond acceptors (Lipinski definition) is 3. The van der Waals surface area contributed by atoms with Crippen molar-refractivity contribution in [2.24, 2.45) is 0 Å². The molecule has 0 spiro atoms. The second-order valence-corrected chi connectivity index (χ2v) is 8.79. The fourth-order valence-corrected chi connectivity index (χ4v) is 5.10. The molecule has 1 aliphatic carbocycles. The highest BCUT2D eigenvalue weighted by Gasteiger charge is 2.17. The first kappa shape index (κ1) is 20.5. The highest BCUT2D eigenvalue weighted by Crippen LogP contribution is 2.39. The van der Waals surface area contributed by atoms with Gasteiger partial charge in [0.25, 0.3) is 0 Å². The molecular formula is C31H25N3. The molecule has 0 fully saturated rings. The van der Waals surface area contributed by atoms with E-state index < -0.39 is 0 Å². The predicted octanol–water partition coefficient (Wildman–Crippen LogP) is 7.56. The van der Waals surface area contributed by atoms with Gasteiger partial charge in [-0.25, -0.2) is 0 Å². The van der Waals surface area contributed by atoms with Gasteiger partial charge in [-0.3, -0.25) is 15.0 Å². The van der Waals surface area contributed by atoms with Gasteiger partial charge in [0.15, 0.2) is 0 Å². The monoisotopic (exact) mass is 439 g/mol. The van der Waals surface area contributed by atoms with Crippen molar-refractivity contribution in [3.63, 3.8) is 0 Å². The Kier molecular flexibility index (Phi) is 5.44. The van der Waals surface area contributed by atoms with Gasteiger partial charge in [-0.15, -0.1) is 0 Å². The molecule has 3 heteroatoms. The molecule has 0 aliphatic heterocycles. The Labute approximate surface area is 199 Å². The molecule has 0 saturated carbocycles. The summed E-state index contributed by atoms with van der Waals surface area (Å²) in [6, 6.07) is 25.8. The lowest BCUT2D eigenvalue weighted by molar-refractivity contribution is 0.690. The molecule has 7 rings (SSSR count). The Morgan fingerprint density at radius 2 is 1.35 bits per heavy atom. The summed E-state index contributed by atoms with van der Waals surface area (Å²) < 4.78 is 0. The van der Waals surface area contributed by atoms with E-state index in [0.717, 1.165) is 16.5 Å². The molecule has 34 heavy (non-hydrogen) atoms. The number of hydrogen-bond donors (Lipinski definition) is 0. The minimum atomic E-state index is 1.08. The van der Waals surface area contributed by atoms with Crippen LogP contribution in [0.5, 0.6) is 0 Å². The molecule has 3 aromatic heterocycles. The Morgan fingerprint density at radius 3 is 2.15 bits per heavy atom. The van der Waals surface area contributed by atoms with Gasteiger partial charge < -0.3 is 0 Å². The second-order valence-electron chi connectivity index (χ2n) is 8.79. The third-order valence-corrected chi connectivity index (χ3v) is 6.73. The highest BCUT2D eigenvalue weighted by molar-refractivity contribution is 6.15. The average molecular weight is 440 g/mol. The smallest absolute Gasteiger partial charge is 0.0708 e. The van der Waals surface area contributed by atoms with E-state index in [1.807, 2.05) is 36.8 Å². The molecule has 0 bridgehead atoms. The molecule has 164 valence electrons. The van der Waals surface area contributed by atoms with E-state index in [4.69, 9.17) is 0 Å². The third-order valence-electron chi connectivity index (χ3n) is 6.73.